The lowest BCUT2D eigenvalue weighted by Gasteiger charge is -2.15. The summed E-state index contributed by atoms with van der Waals surface area (Å²) in [4.78, 5) is 25.6. The number of nitrogens with one attached hydrogen (secondary N) is 2. The van der Waals surface area contributed by atoms with Crippen LogP contribution < -0.4 is 15.4 Å². The Bertz CT molecular complexity index is 747. The monoisotopic (exact) mass is 372 g/mol. The maximum atomic E-state index is 12.3. The van der Waals surface area contributed by atoms with Gasteiger partial charge in [0, 0.05) is 4.90 Å². The number of hydrogen-bond acceptors (Lipinski definition) is 4. The van der Waals surface area contributed by atoms with Gasteiger partial charge in [0.2, 0.25) is 5.91 Å². The third kappa shape index (κ3) is 5.52. The number of hydrogen-bond donors (Lipinski definition) is 2. The average Bonchev–Trinajstić information content (AvgIpc) is 2.67. The van der Waals surface area contributed by atoms with Gasteiger partial charge >= 0.3 is 0 Å². The topological polar surface area (TPSA) is 67.4 Å². The number of para-hydroxylation sites is 1. The lowest BCUT2D eigenvalue weighted by atomic mass is 10.1. The van der Waals surface area contributed by atoms with Crippen LogP contribution in [0.3, 0.4) is 0 Å². The van der Waals surface area contributed by atoms with Gasteiger partial charge in [-0.25, -0.2) is 0 Å². The van der Waals surface area contributed by atoms with Gasteiger partial charge in [0.1, 0.15) is 5.75 Å². The smallest absolute Gasteiger partial charge is 0.255 e. The lowest BCUT2D eigenvalue weighted by molar-refractivity contribution is -0.120. The van der Waals surface area contributed by atoms with Crippen molar-refractivity contribution in [3.8, 4) is 5.75 Å². The molecule has 0 aliphatic heterocycles. The van der Waals surface area contributed by atoms with Gasteiger partial charge in [0.15, 0.2) is 0 Å². The van der Waals surface area contributed by atoms with Crippen LogP contribution in [-0.2, 0) is 4.79 Å². The predicted molar refractivity (Wildman–Crippen MR) is 105 cm³/mol. The highest BCUT2D eigenvalue weighted by Crippen LogP contribution is 2.19. The van der Waals surface area contributed by atoms with E-state index >= 15 is 0 Å². The van der Waals surface area contributed by atoms with Crippen LogP contribution in [0.4, 0.5) is 0 Å². The zero-order chi connectivity index (χ0) is 18.9. The third-order valence-corrected chi connectivity index (χ3v) is 4.58. The van der Waals surface area contributed by atoms with E-state index in [0.29, 0.717) is 17.9 Å². The first-order chi connectivity index (χ1) is 12.5. The first-order valence-electron chi connectivity index (χ1n) is 8.48. The van der Waals surface area contributed by atoms with E-state index in [1.807, 2.05) is 44.4 Å². The van der Waals surface area contributed by atoms with Crippen molar-refractivity contribution in [1.82, 2.24) is 10.6 Å². The lowest BCUT2D eigenvalue weighted by Crippen LogP contribution is -2.38. The molecule has 2 rings (SSSR count). The summed E-state index contributed by atoms with van der Waals surface area (Å²) in [7, 11) is 0. The predicted octanol–water partition coefficient (Wildman–Crippen LogP) is 3.41. The molecule has 6 heteroatoms. The maximum Gasteiger partial charge on any atom is 0.255 e. The number of benzene rings is 2. The van der Waals surface area contributed by atoms with Crippen molar-refractivity contribution in [1.29, 1.82) is 0 Å². The largest absolute Gasteiger partial charge is 0.493 e. The first-order valence-corrected chi connectivity index (χ1v) is 9.71. The maximum absolute atomic E-state index is 12.3. The molecular weight excluding hydrogens is 348 g/mol. The second kappa shape index (κ2) is 9.87. The summed E-state index contributed by atoms with van der Waals surface area (Å²) < 4.78 is 5.44. The molecule has 0 saturated carbocycles. The molecule has 0 aliphatic carbocycles. The number of amides is 2. The molecule has 0 aliphatic rings. The van der Waals surface area contributed by atoms with Gasteiger partial charge in [-0.05, 0) is 49.9 Å². The minimum atomic E-state index is -0.332. The molecule has 2 N–H and O–H groups in total. The van der Waals surface area contributed by atoms with Gasteiger partial charge in [-0.1, -0.05) is 24.3 Å². The minimum absolute atomic E-state index is 0.0907. The van der Waals surface area contributed by atoms with Gasteiger partial charge < -0.3 is 15.4 Å². The van der Waals surface area contributed by atoms with E-state index in [4.69, 9.17) is 4.74 Å². The molecule has 1 atom stereocenters. The van der Waals surface area contributed by atoms with Crippen LogP contribution in [0.2, 0.25) is 0 Å². The van der Waals surface area contributed by atoms with E-state index in [1.165, 1.54) is 4.90 Å². The highest BCUT2D eigenvalue weighted by molar-refractivity contribution is 7.98. The number of thioether (sulfide) groups is 1. The number of rotatable bonds is 8. The van der Waals surface area contributed by atoms with Crippen LogP contribution in [0.5, 0.6) is 5.75 Å². The molecule has 0 bridgehead atoms. The second-order valence-electron chi connectivity index (χ2n) is 5.67. The fourth-order valence-corrected chi connectivity index (χ4v) is 2.87. The molecule has 0 aromatic heterocycles. The van der Waals surface area contributed by atoms with Gasteiger partial charge in [-0.15, -0.1) is 11.8 Å². The summed E-state index contributed by atoms with van der Waals surface area (Å²) >= 11 is 1.67. The SMILES string of the molecule is CCOc1ccccc1C(=O)NCC(=O)NC(C)c1ccc(SC)cc1. The van der Waals surface area contributed by atoms with E-state index < -0.39 is 0 Å². The molecule has 138 valence electrons. The molecule has 1 unspecified atom stereocenters. The molecule has 2 aromatic carbocycles. The molecule has 0 heterocycles. The van der Waals surface area contributed by atoms with E-state index in [2.05, 4.69) is 10.6 Å². The van der Waals surface area contributed by atoms with Crippen LogP contribution in [0.25, 0.3) is 0 Å². The molecule has 5 nitrogen and oxygen atoms in total. The summed E-state index contributed by atoms with van der Waals surface area (Å²) in [5, 5.41) is 5.53. The Morgan fingerprint density at radius 1 is 1.12 bits per heavy atom. The van der Waals surface area contributed by atoms with Crippen LogP contribution in [0.1, 0.15) is 35.8 Å². The van der Waals surface area contributed by atoms with Gasteiger partial charge in [-0.3, -0.25) is 9.59 Å². The Hall–Kier alpha value is -2.47. The summed E-state index contributed by atoms with van der Waals surface area (Å²) in [6.07, 6.45) is 2.02. The number of carbonyl (C=O) groups is 2. The van der Waals surface area contributed by atoms with Crippen molar-refractivity contribution in [2.75, 3.05) is 19.4 Å². The van der Waals surface area contributed by atoms with Crippen LogP contribution in [0.15, 0.2) is 53.4 Å². The fraction of sp³-hybridized carbons (Fsp3) is 0.300. The van der Waals surface area contributed by atoms with Gasteiger partial charge in [0.05, 0.1) is 24.8 Å². The van der Waals surface area contributed by atoms with Crippen molar-refractivity contribution in [2.24, 2.45) is 0 Å². The zero-order valence-electron chi connectivity index (χ0n) is 15.2. The van der Waals surface area contributed by atoms with E-state index in [-0.39, 0.29) is 24.4 Å². The molecule has 0 radical (unpaired) electrons. The Morgan fingerprint density at radius 2 is 1.81 bits per heavy atom. The average molecular weight is 372 g/mol. The molecule has 26 heavy (non-hydrogen) atoms. The molecule has 0 saturated heterocycles. The summed E-state index contributed by atoms with van der Waals surface area (Å²) in [5.74, 6) is -0.0648. The Labute approximate surface area is 158 Å². The molecular formula is C20H24N2O3S. The number of carbonyl (C=O) groups excluding carboxylic acids is 2. The van der Waals surface area contributed by atoms with Crippen molar-refractivity contribution < 1.29 is 14.3 Å². The molecule has 0 fully saturated rings. The Balaban J connectivity index is 1.88. The highest BCUT2D eigenvalue weighted by Gasteiger charge is 2.14. The summed E-state index contributed by atoms with van der Waals surface area (Å²) in [6, 6.07) is 14.9. The van der Waals surface area contributed by atoms with Crippen LogP contribution >= 0.6 is 11.8 Å². The second-order valence-corrected chi connectivity index (χ2v) is 6.55. The molecule has 2 amide bonds. The van der Waals surface area contributed by atoms with E-state index in [1.54, 1.807) is 36.0 Å². The van der Waals surface area contributed by atoms with Gasteiger partial charge in [-0.2, -0.15) is 0 Å². The standard InChI is InChI=1S/C20H24N2O3S/c1-4-25-18-8-6-5-7-17(18)20(24)21-13-19(23)22-14(2)15-9-11-16(26-3)12-10-15/h5-12,14H,4,13H2,1-3H3,(H,21,24)(H,22,23). The number of ether oxygens (including phenoxy) is 1. The molecule has 0 spiro atoms. The fourth-order valence-electron chi connectivity index (χ4n) is 2.46. The van der Waals surface area contributed by atoms with Crippen molar-refractivity contribution in [3.63, 3.8) is 0 Å². The highest BCUT2D eigenvalue weighted by atomic mass is 32.2. The van der Waals surface area contributed by atoms with E-state index in [0.717, 1.165) is 5.56 Å². The van der Waals surface area contributed by atoms with E-state index in [9.17, 15) is 9.59 Å². The summed E-state index contributed by atoms with van der Waals surface area (Å²) in [5.41, 5.74) is 1.44. The first kappa shape index (κ1) is 19.8. The minimum Gasteiger partial charge on any atom is -0.493 e. The molecule has 2 aromatic rings. The third-order valence-electron chi connectivity index (χ3n) is 3.83. The Kier molecular flexibility index (Phi) is 7.53. The zero-order valence-corrected chi connectivity index (χ0v) is 16.1. The van der Waals surface area contributed by atoms with Gasteiger partial charge in [0.25, 0.3) is 5.91 Å². The quantitative estimate of drug-likeness (QED) is 0.697. The van der Waals surface area contributed by atoms with Crippen molar-refractivity contribution in [3.05, 3.63) is 59.7 Å². The van der Waals surface area contributed by atoms with Crippen LogP contribution in [-0.4, -0.2) is 31.2 Å². The Morgan fingerprint density at radius 3 is 2.46 bits per heavy atom. The normalized spacial score (nSPS) is 11.5. The van der Waals surface area contributed by atoms with Crippen molar-refractivity contribution >= 4 is 23.6 Å². The van der Waals surface area contributed by atoms with Crippen LogP contribution in [0, 0.1) is 0 Å². The summed E-state index contributed by atoms with van der Waals surface area (Å²) in [6.45, 7) is 4.15. The van der Waals surface area contributed by atoms with Crippen molar-refractivity contribution in [2.45, 2.75) is 24.8 Å².